The van der Waals surface area contributed by atoms with Gasteiger partial charge in [0.15, 0.2) is 0 Å². The van der Waals surface area contributed by atoms with Crippen molar-refractivity contribution in [2.24, 2.45) is 0 Å². The van der Waals surface area contributed by atoms with Gasteiger partial charge in [-0.3, -0.25) is 9.52 Å². The van der Waals surface area contributed by atoms with Crippen molar-refractivity contribution in [3.63, 3.8) is 0 Å². The van der Waals surface area contributed by atoms with Crippen LogP contribution in [0, 0.1) is 5.82 Å². The van der Waals surface area contributed by atoms with Crippen LogP contribution in [0.1, 0.15) is 10.4 Å². The van der Waals surface area contributed by atoms with Gasteiger partial charge in [-0.05, 0) is 48.5 Å². The van der Waals surface area contributed by atoms with Crippen molar-refractivity contribution in [1.29, 1.82) is 0 Å². The Labute approximate surface area is 162 Å². The molecule has 6 nitrogen and oxygen atoms in total. The van der Waals surface area contributed by atoms with E-state index in [-0.39, 0.29) is 10.5 Å². The second-order valence-electron chi connectivity index (χ2n) is 5.80. The number of sulfonamides is 1. The Balaban J connectivity index is 1.74. The molecule has 0 aliphatic heterocycles. The predicted octanol–water partition coefficient (Wildman–Crippen LogP) is 3.89. The highest BCUT2D eigenvalue weighted by molar-refractivity contribution is 7.92. The fourth-order valence-electron chi connectivity index (χ4n) is 2.46. The number of carbonyl (C=O) groups excluding carboxylic acids is 1. The van der Waals surface area contributed by atoms with E-state index in [0.29, 0.717) is 17.1 Å². The molecule has 0 aliphatic rings. The molecule has 0 saturated carbocycles. The molecule has 8 heteroatoms. The molecular formula is C20H17FN2O4S. The summed E-state index contributed by atoms with van der Waals surface area (Å²) in [7, 11) is -2.33. The van der Waals surface area contributed by atoms with Crippen molar-refractivity contribution >= 4 is 27.3 Å². The van der Waals surface area contributed by atoms with Gasteiger partial charge in [-0.25, -0.2) is 12.8 Å². The largest absolute Gasteiger partial charge is 0.497 e. The SMILES string of the molecule is COc1cccc(NS(=O)(=O)c2ccc(NC(=O)c3ccccc3F)cc2)c1. The maximum absolute atomic E-state index is 13.7. The molecule has 0 spiro atoms. The average molecular weight is 400 g/mol. The molecule has 0 heterocycles. The Morgan fingerprint density at radius 3 is 2.32 bits per heavy atom. The van der Waals surface area contributed by atoms with Gasteiger partial charge in [0, 0.05) is 11.8 Å². The number of nitrogens with one attached hydrogen (secondary N) is 2. The molecular weight excluding hydrogens is 383 g/mol. The van der Waals surface area contributed by atoms with Crippen LogP contribution in [-0.2, 0) is 10.0 Å². The fraction of sp³-hybridized carbons (Fsp3) is 0.0500. The molecule has 0 aliphatic carbocycles. The van der Waals surface area contributed by atoms with E-state index in [1.807, 2.05) is 0 Å². The number of halogens is 1. The number of anilines is 2. The fourth-order valence-corrected chi connectivity index (χ4v) is 3.51. The molecule has 144 valence electrons. The molecule has 3 aromatic rings. The molecule has 2 N–H and O–H groups in total. The Morgan fingerprint density at radius 1 is 0.929 bits per heavy atom. The lowest BCUT2D eigenvalue weighted by Gasteiger charge is -2.10. The third-order valence-electron chi connectivity index (χ3n) is 3.86. The van der Waals surface area contributed by atoms with Crippen molar-refractivity contribution < 1.29 is 22.3 Å². The Kier molecular flexibility index (Phi) is 5.60. The summed E-state index contributed by atoms with van der Waals surface area (Å²) in [5.74, 6) is -0.740. The van der Waals surface area contributed by atoms with Crippen LogP contribution >= 0.6 is 0 Å². The van der Waals surface area contributed by atoms with Gasteiger partial charge in [-0.15, -0.1) is 0 Å². The molecule has 0 saturated heterocycles. The van der Waals surface area contributed by atoms with Crippen LogP contribution in [0.5, 0.6) is 5.75 Å². The first-order valence-electron chi connectivity index (χ1n) is 8.22. The van der Waals surface area contributed by atoms with E-state index in [9.17, 15) is 17.6 Å². The number of hydrogen-bond donors (Lipinski definition) is 2. The third kappa shape index (κ3) is 4.47. The molecule has 0 radical (unpaired) electrons. The van der Waals surface area contributed by atoms with Gasteiger partial charge >= 0.3 is 0 Å². The minimum absolute atomic E-state index is 0.0132. The van der Waals surface area contributed by atoms with Crippen molar-refractivity contribution in [1.82, 2.24) is 0 Å². The van der Waals surface area contributed by atoms with Crippen molar-refractivity contribution in [2.45, 2.75) is 4.90 Å². The third-order valence-corrected chi connectivity index (χ3v) is 5.26. The maximum Gasteiger partial charge on any atom is 0.261 e. The quantitative estimate of drug-likeness (QED) is 0.658. The molecule has 0 unspecified atom stereocenters. The summed E-state index contributed by atoms with van der Waals surface area (Å²) in [6, 6.07) is 17.7. The number of rotatable bonds is 6. The molecule has 0 aromatic heterocycles. The lowest BCUT2D eigenvalue weighted by Crippen LogP contribution is -2.15. The molecule has 3 aromatic carbocycles. The zero-order chi connectivity index (χ0) is 20.1. The predicted molar refractivity (Wildman–Crippen MR) is 105 cm³/mol. The number of ether oxygens (including phenoxy) is 1. The van der Waals surface area contributed by atoms with E-state index in [1.54, 1.807) is 30.3 Å². The van der Waals surface area contributed by atoms with Gasteiger partial charge in [-0.1, -0.05) is 18.2 Å². The summed E-state index contributed by atoms with van der Waals surface area (Å²) >= 11 is 0. The Bertz CT molecular complexity index is 1100. The number of carbonyl (C=O) groups is 1. The van der Waals surface area contributed by atoms with Gasteiger partial charge in [0.05, 0.1) is 23.3 Å². The Hall–Kier alpha value is -3.39. The number of hydrogen-bond acceptors (Lipinski definition) is 4. The van der Waals surface area contributed by atoms with Gasteiger partial charge < -0.3 is 10.1 Å². The van der Waals surface area contributed by atoms with Gasteiger partial charge in [-0.2, -0.15) is 0 Å². The maximum atomic E-state index is 13.7. The van der Waals surface area contributed by atoms with E-state index in [4.69, 9.17) is 4.74 Å². The smallest absolute Gasteiger partial charge is 0.261 e. The van der Waals surface area contributed by atoms with E-state index in [2.05, 4.69) is 10.0 Å². The Morgan fingerprint density at radius 2 is 1.64 bits per heavy atom. The summed E-state index contributed by atoms with van der Waals surface area (Å²) in [5.41, 5.74) is 0.601. The van der Waals surface area contributed by atoms with Crippen LogP contribution in [0.25, 0.3) is 0 Å². The van der Waals surface area contributed by atoms with Crippen LogP contribution in [0.4, 0.5) is 15.8 Å². The minimum atomic E-state index is -3.82. The van der Waals surface area contributed by atoms with E-state index < -0.39 is 21.7 Å². The zero-order valence-electron chi connectivity index (χ0n) is 14.8. The standard InChI is InChI=1S/C20H17FN2O4S/c1-27-16-6-4-5-15(13-16)23-28(25,26)17-11-9-14(10-12-17)22-20(24)18-7-2-3-8-19(18)21/h2-13,23H,1H3,(H,22,24). The first kappa shape index (κ1) is 19.4. The number of amides is 1. The number of benzene rings is 3. The van der Waals surface area contributed by atoms with Crippen LogP contribution in [0.3, 0.4) is 0 Å². The lowest BCUT2D eigenvalue weighted by molar-refractivity contribution is 0.102. The normalized spacial score (nSPS) is 10.9. The second-order valence-corrected chi connectivity index (χ2v) is 7.48. The van der Waals surface area contributed by atoms with E-state index in [1.165, 1.54) is 49.6 Å². The van der Waals surface area contributed by atoms with Gasteiger partial charge in [0.25, 0.3) is 15.9 Å². The molecule has 28 heavy (non-hydrogen) atoms. The summed E-state index contributed by atoms with van der Waals surface area (Å²) in [4.78, 5) is 12.1. The van der Waals surface area contributed by atoms with Crippen molar-refractivity contribution in [3.05, 3.63) is 84.2 Å². The average Bonchev–Trinajstić information content (AvgIpc) is 2.68. The van der Waals surface area contributed by atoms with Crippen LogP contribution in [0.2, 0.25) is 0 Å². The van der Waals surface area contributed by atoms with E-state index >= 15 is 0 Å². The lowest BCUT2D eigenvalue weighted by atomic mass is 10.2. The van der Waals surface area contributed by atoms with Crippen LogP contribution < -0.4 is 14.8 Å². The topological polar surface area (TPSA) is 84.5 Å². The molecule has 3 rings (SSSR count). The summed E-state index contributed by atoms with van der Waals surface area (Å²) in [6.45, 7) is 0. The highest BCUT2D eigenvalue weighted by Crippen LogP contribution is 2.22. The van der Waals surface area contributed by atoms with Crippen LogP contribution in [-0.4, -0.2) is 21.4 Å². The van der Waals surface area contributed by atoms with Gasteiger partial charge in [0.1, 0.15) is 11.6 Å². The number of methoxy groups -OCH3 is 1. The van der Waals surface area contributed by atoms with Gasteiger partial charge in [0.2, 0.25) is 0 Å². The summed E-state index contributed by atoms with van der Waals surface area (Å²) < 4.78 is 46.2. The first-order chi connectivity index (χ1) is 13.4. The second kappa shape index (κ2) is 8.10. The highest BCUT2D eigenvalue weighted by atomic mass is 32.2. The minimum Gasteiger partial charge on any atom is -0.497 e. The van der Waals surface area contributed by atoms with Crippen molar-refractivity contribution in [3.8, 4) is 5.75 Å². The van der Waals surface area contributed by atoms with E-state index in [0.717, 1.165) is 0 Å². The molecule has 1 amide bonds. The molecule has 0 atom stereocenters. The van der Waals surface area contributed by atoms with Crippen LogP contribution in [0.15, 0.2) is 77.7 Å². The molecule has 0 bridgehead atoms. The molecule has 0 fully saturated rings. The van der Waals surface area contributed by atoms with Crippen molar-refractivity contribution in [2.75, 3.05) is 17.1 Å². The summed E-state index contributed by atoms with van der Waals surface area (Å²) in [6.07, 6.45) is 0. The monoisotopic (exact) mass is 400 g/mol. The first-order valence-corrected chi connectivity index (χ1v) is 9.70. The zero-order valence-corrected chi connectivity index (χ0v) is 15.7. The highest BCUT2D eigenvalue weighted by Gasteiger charge is 2.15. The summed E-state index contributed by atoms with van der Waals surface area (Å²) in [5, 5.41) is 2.53.